The molecule has 0 saturated heterocycles. The Morgan fingerprint density at radius 1 is 1.00 bits per heavy atom. The smallest absolute Gasteiger partial charge is 0.349 e. The summed E-state index contributed by atoms with van der Waals surface area (Å²) in [4.78, 5) is 12.5. The Morgan fingerprint density at radius 2 is 1.54 bits per heavy atom. The van der Waals surface area contributed by atoms with Gasteiger partial charge in [-0.15, -0.1) is 0 Å². The highest BCUT2D eigenvalue weighted by molar-refractivity contribution is 9.11. The molecule has 18 heteroatoms. The first-order valence-corrected chi connectivity index (χ1v) is 14.6. The van der Waals surface area contributed by atoms with Crippen LogP contribution in [0.4, 0.5) is 43.9 Å². The summed E-state index contributed by atoms with van der Waals surface area (Å²) >= 11 is 11.8. The van der Waals surface area contributed by atoms with Gasteiger partial charge in [0.25, 0.3) is 5.91 Å². The van der Waals surface area contributed by atoms with Crippen molar-refractivity contribution in [2.45, 2.75) is 37.4 Å². The van der Waals surface area contributed by atoms with E-state index in [4.69, 9.17) is 11.6 Å². The van der Waals surface area contributed by atoms with Crippen molar-refractivity contribution in [3.8, 4) is 0 Å². The lowest BCUT2D eigenvalue weighted by Crippen LogP contribution is -2.40. The van der Waals surface area contributed by atoms with Gasteiger partial charge in [-0.25, -0.2) is 12.8 Å². The third-order valence-electron chi connectivity index (χ3n) is 5.14. The second-order valence-electron chi connectivity index (χ2n) is 8.63. The van der Waals surface area contributed by atoms with Crippen molar-refractivity contribution in [2.24, 2.45) is 0 Å². The number of benzene rings is 2. The Labute approximate surface area is 248 Å². The maximum atomic E-state index is 15.0. The Morgan fingerprint density at radius 3 is 2.00 bits per heavy atom. The second-order valence-corrected chi connectivity index (χ2v) is 12.8. The van der Waals surface area contributed by atoms with Gasteiger partial charge in [-0.3, -0.25) is 4.79 Å². The van der Waals surface area contributed by atoms with Gasteiger partial charge in [-0.05, 0) is 74.7 Å². The fourth-order valence-corrected chi connectivity index (χ4v) is 6.33. The molecule has 0 heterocycles. The number of rotatable bonds is 8. The molecule has 0 aromatic heterocycles. The topological polar surface area (TPSA) is 63.2 Å². The third-order valence-corrected chi connectivity index (χ3v) is 9.03. The number of hydrogen-bond acceptors (Lipinski definition) is 3. The molecule has 2 atom stereocenters. The largest absolute Gasteiger partial charge is 0.417 e. The SMILES string of the molecule is CC(CS(=O)(=O)CC(F)(F)F)NC(=O)c1ccc(/C(F)=C/C(c2cc(Br)c(Cl)c(Br)c2)C(F)(F)F)cc1C(F)(F)F. The standard InChI is InChI=1S/C23H16Br2ClF10NO3S/c1-10(8-41(39,40)9-21(28,29)30)37-20(38)13-3-2-11(4-15(13)23(34,35)36)18(27)7-14(22(31,32)33)12-5-16(24)19(26)17(25)6-12/h2-7,10,14H,8-9H2,1H3,(H,37,38)/b18-7-. The zero-order chi connectivity index (χ0) is 31.7. The van der Waals surface area contributed by atoms with Gasteiger partial charge in [0.05, 0.1) is 21.9 Å². The molecule has 4 nitrogen and oxygen atoms in total. The minimum Gasteiger partial charge on any atom is -0.349 e. The molecule has 1 N–H and O–H groups in total. The molecule has 0 fully saturated rings. The molecule has 0 bridgehead atoms. The number of hydrogen-bond donors (Lipinski definition) is 1. The van der Waals surface area contributed by atoms with Gasteiger partial charge in [-0.2, -0.15) is 39.5 Å². The number of amides is 1. The molecule has 1 amide bonds. The summed E-state index contributed by atoms with van der Waals surface area (Å²) in [6.45, 7) is 0.931. The molecule has 41 heavy (non-hydrogen) atoms. The van der Waals surface area contributed by atoms with Gasteiger partial charge in [0.2, 0.25) is 0 Å². The molecule has 0 spiro atoms. The van der Waals surface area contributed by atoms with E-state index < -0.39 is 85.8 Å². The number of carbonyl (C=O) groups is 1. The lowest BCUT2D eigenvalue weighted by atomic mass is 9.95. The van der Waals surface area contributed by atoms with Crippen LogP contribution in [0.25, 0.3) is 5.83 Å². The predicted octanol–water partition coefficient (Wildman–Crippen LogP) is 8.64. The van der Waals surface area contributed by atoms with E-state index in [-0.39, 0.29) is 26.1 Å². The van der Waals surface area contributed by atoms with Gasteiger partial charge in [0, 0.05) is 20.6 Å². The van der Waals surface area contributed by atoms with Crippen LogP contribution < -0.4 is 5.32 Å². The van der Waals surface area contributed by atoms with E-state index >= 15 is 0 Å². The maximum absolute atomic E-state index is 15.0. The molecule has 0 aliphatic heterocycles. The number of sulfone groups is 1. The number of halogens is 13. The Hall–Kier alpha value is -1.85. The zero-order valence-electron chi connectivity index (χ0n) is 20.1. The predicted molar refractivity (Wildman–Crippen MR) is 138 cm³/mol. The van der Waals surface area contributed by atoms with Crippen molar-refractivity contribution in [2.75, 3.05) is 11.5 Å². The molecular formula is C23H16Br2ClF10NO3S. The van der Waals surface area contributed by atoms with E-state index in [9.17, 15) is 57.1 Å². The summed E-state index contributed by atoms with van der Waals surface area (Å²) in [5.74, 6) is -9.41. The highest BCUT2D eigenvalue weighted by Crippen LogP contribution is 2.43. The molecular weight excluding hydrogens is 756 g/mol. The quantitative estimate of drug-likeness (QED) is 0.216. The molecule has 2 unspecified atom stereocenters. The van der Waals surface area contributed by atoms with Crippen molar-refractivity contribution >= 4 is 65.0 Å². The van der Waals surface area contributed by atoms with Crippen molar-refractivity contribution in [1.82, 2.24) is 5.32 Å². The molecule has 228 valence electrons. The summed E-state index contributed by atoms with van der Waals surface area (Å²) in [5.41, 5.74) is -4.46. The van der Waals surface area contributed by atoms with Crippen molar-refractivity contribution in [3.05, 3.63) is 72.6 Å². The van der Waals surface area contributed by atoms with E-state index in [2.05, 4.69) is 31.9 Å². The number of allylic oxidation sites excluding steroid dienone is 1. The first-order valence-electron chi connectivity index (χ1n) is 10.8. The van der Waals surface area contributed by atoms with Crippen LogP contribution in [0.1, 0.15) is 39.9 Å². The first kappa shape index (κ1) is 35.3. The summed E-state index contributed by atoms with van der Waals surface area (Å²) in [5, 5.41) is 1.84. The Kier molecular flexibility index (Phi) is 11.0. The number of alkyl halides is 9. The minimum atomic E-state index is -5.34. The summed E-state index contributed by atoms with van der Waals surface area (Å²) in [6, 6.07) is 1.42. The van der Waals surface area contributed by atoms with Gasteiger partial charge in [0.1, 0.15) is 17.5 Å². The molecule has 2 aromatic carbocycles. The first-order chi connectivity index (χ1) is 18.4. The van der Waals surface area contributed by atoms with Gasteiger partial charge >= 0.3 is 18.5 Å². The average Bonchev–Trinajstić information content (AvgIpc) is 2.76. The van der Waals surface area contributed by atoms with Crippen LogP contribution in [0.3, 0.4) is 0 Å². The zero-order valence-corrected chi connectivity index (χ0v) is 24.8. The van der Waals surface area contributed by atoms with E-state index in [1.807, 2.05) is 5.32 Å². The van der Waals surface area contributed by atoms with Crippen LogP contribution >= 0.6 is 43.5 Å². The number of carbonyl (C=O) groups excluding carboxylic acids is 1. The van der Waals surface area contributed by atoms with Gasteiger partial charge < -0.3 is 5.32 Å². The van der Waals surface area contributed by atoms with Crippen LogP contribution in [0.15, 0.2) is 45.4 Å². The summed E-state index contributed by atoms with van der Waals surface area (Å²) < 4.78 is 158. The van der Waals surface area contributed by atoms with Crippen molar-refractivity contribution < 1.29 is 57.1 Å². The lowest BCUT2D eigenvalue weighted by molar-refractivity contribution is -0.140. The normalized spacial score (nSPS) is 15.0. The summed E-state index contributed by atoms with van der Waals surface area (Å²) in [7, 11) is -4.80. The maximum Gasteiger partial charge on any atom is 0.417 e. The molecule has 0 saturated carbocycles. The van der Waals surface area contributed by atoms with Crippen LogP contribution in [0, 0.1) is 0 Å². The molecule has 2 aromatic rings. The van der Waals surface area contributed by atoms with Gasteiger partial charge in [-0.1, -0.05) is 17.7 Å². The molecule has 0 aliphatic rings. The fourth-order valence-electron chi connectivity index (χ4n) is 3.53. The van der Waals surface area contributed by atoms with E-state index in [0.717, 1.165) is 19.1 Å². The van der Waals surface area contributed by atoms with Crippen LogP contribution in [0.2, 0.25) is 5.02 Å². The van der Waals surface area contributed by atoms with Crippen molar-refractivity contribution in [1.29, 1.82) is 0 Å². The van der Waals surface area contributed by atoms with E-state index in [0.29, 0.717) is 12.1 Å². The fraction of sp³-hybridized carbons (Fsp3) is 0.348. The lowest BCUT2D eigenvalue weighted by Gasteiger charge is -2.20. The minimum absolute atomic E-state index is 0.00933. The summed E-state index contributed by atoms with van der Waals surface area (Å²) in [6.07, 6.45) is -15.5. The molecule has 0 aliphatic carbocycles. The van der Waals surface area contributed by atoms with Crippen molar-refractivity contribution in [3.63, 3.8) is 0 Å². The van der Waals surface area contributed by atoms with Crippen LogP contribution in [0.5, 0.6) is 0 Å². The number of nitrogens with one attached hydrogen (secondary N) is 1. The second kappa shape index (κ2) is 12.8. The third kappa shape index (κ3) is 10.1. The highest BCUT2D eigenvalue weighted by atomic mass is 79.9. The Bertz CT molecular complexity index is 1420. The molecule has 0 radical (unpaired) electrons. The van der Waals surface area contributed by atoms with Gasteiger partial charge in [0.15, 0.2) is 9.84 Å². The van der Waals surface area contributed by atoms with E-state index in [1.165, 1.54) is 0 Å². The highest BCUT2D eigenvalue weighted by Gasteiger charge is 2.41. The monoisotopic (exact) mass is 769 g/mol. The van der Waals surface area contributed by atoms with Crippen LogP contribution in [-0.4, -0.2) is 44.2 Å². The average molecular weight is 772 g/mol. The Balaban J connectivity index is 2.46. The van der Waals surface area contributed by atoms with Crippen LogP contribution in [-0.2, 0) is 16.0 Å². The molecule has 2 rings (SSSR count). The van der Waals surface area contributed by atoms with E-state index in [1.54, 1.807) is 0 Å².